The Morgan fingerprint density at radius 1 is 1.29 bits per heavy atom. The molecule has 6 heteroatoms. The summed E-state index contributed by atoms with van der Waals surface area (Å²) in [6.07, 6.45) is 2.63. The Kier molecular flexibility index (Phi) is 7.71. The minimum atomic E-state index is -3.13. The van der Waals surface area contributed by atoms with E-state index in [1.54, 1.807) is 11.8 Å². The summed E-state index contributed by atoms with van der Waals surface area (Å²) in [6, 6.07) is 0.404. The third kappa shape index (κ3) is 9.88. The molecule has 0 amide bonds. The second-order valence-electron chi connectivity index (χ2n) is 5.07. The Morgan fingerprint density at radius 2 is 1.88 bits per heavy atom. The summed E-state index contributed by atoms with van der Waals surface area (Å²) in [5, 5.41) is 3.21. The maximum Gasteiger partial charge on any atom is 0.211 e. The molecule has 0 spiro atoms. The van der Waals surface area contributed by atoms with Crippen LogP contribution in [0.2, 0.25) is 0 Å². The van der Waals surface area contributed by atoms with Gasteiger partial charge in [-0.3, -0.25) is 0 Å². The molecule has 0 aliphatic carbocycles. The van der Waals surface area contributed by atoms with Crippen LogP contribution in [0.3, 0.4) is 0 Å². The van der Waals surface area contributed by atoms with Crippen LogP contribution in [0.5, 0.6) is 0 Å². The summed E-state index contributed by atoms with van der Waals surface area (Å²) in [5.41, 5.74) is 0. The van der Waals surface area contributed by atoms with Crippen LogP contribution >= 0.6 is 11.8 Å². The van der Waals surface area contributed by atoms with Crippen LogP contribution in [0.25, 0.3) is 0 Å². The van der Waals surface area contributed by atoms with Gasteiger partial charge in [-0.1, -0.05) is 13.8 Å². The highest BCUT2D eigenvalue weighted by Gasteiger charge is 2.19. The topological polar surface area (TPSA) is 58.2 Å². The predicted molar refractivity (Wildman–Crippen MR) is 77.1 cm³/mol. The Bertz CT molecular complexity index is 301. The van der Waals surface area contributed by atoms with Crippen LogP contribution in [0.15, 0.2) is 0 Å². The second-order valence-corrected chi connectivity index (χ2v) is 8.51. The van der Waals surface area contributed by atoms with Gasteiger partial charge in [0.2, 0.25) is 10.0 Å². The summed E-state index contributed by atoms with van der Waals surface area (Å²) in [5.74, 6) is 0.192. The molecule has 0 aromatic carbocycles. The number of hydrogen-bond donors (Lipinski definition) is 2. The molecule has 0 aliphatic heterocycles. The molecule has 0 fully saturated rings. The van der Waals surface area contributed by atoms with E-state index in [-0.39, 0.29) is 10.5 Å². The quantitative estimate of drug-likeness (QED) is 0.628. The molecule has 0 radical (unpaired) electrons. The van der Waals surface area contributed by atoms with Crippen molar-refractivity contribution in [3.05, 3.63) is 0 Å². The molecular formula is C11H26N2O2S2. The minimum absolute atomic E-state index is 0.0523. The molecule has 104 valence electrons. The standard InChI is InChI=1S/C11H26N2O2S2/c1-10(2)12-7-6-8-17(14,15)13-9-11(3,4)16-5/h10,12-13H,6-9H2,1-5H3. The molecule has 0 saturated heterocycles. The van der Waals surface area contributed by atoms with Gasteiger partial charge in [0, 0.05) is 17.3 Å². The molecule has 0 atom stereocenters. The van der Waals surface area contributed by atoms with Crippen LogP contribution in [0.1, 0.15) is 34.1 Å². The first-order valence-corrected chi connectivity index (χ1v) is 8.82. The average Bonchev–Trinajstić information content (AvgIpc) is 2.22. The van der Waals surface area contributed by atoms with Gasteiger partial charge in [0.25, 0.3) is 0 Å². The fraction of sp³-hybridized carbons (Fsp3) is 1.00. The van der Waals surface area contributed by atoms with Crippen LogP contribution < -0.4 is 10.0 Å². The van der Waals surface area contributed by atoms with E-state index >= 15 is 0 Å². The largest absolute Gasteiger partial charge is 0.314 e. The normalized spacial score (nSPS) is 13.3. The number of thioether (sulfide) groups is 1. The predicted octanol–water partition coefficient (Wildman–Crippen LogP) is 1.44. The highest BCUT2D eigenvalue weighted by Crippen LogP contribution is 2.19. The summed E-state index contributed by atoms with van der Waals surface area (Å²) >= 11 is 1.66. The average molecular weight is 282 g/mol. The van der Waals surface area contributed by atoms with Crippen LogP contribution in [-0.2, 0) is 10.0 Å². The van der Waals surface area contributed by atoms with Crippen molar-refractivity contribution in [1.29, 1.82) is 0 Å². The lowest BCUT2D eigenvalue weighted by Crippen LogP contribution is -2.38. The zero-order valence-electron chi connectivity index (χ0n) is 11.5. The first-order chi connectivity index (χ1) is 7.68. The number of rotatable bonds is 9. The van der Waals surface area contributed by atoms with E-state index in [0.717, 1.165) is 6.54 Å². The zero-order chi connectivity index (χ0) is 13.5. The van der Waals surface area contributed by atoms with Gasteiger partial charge in [-0.25, -0.2) is 13.1 Å². The fourth-order valence-corrected chi connectivity index (χ4v) is 2.64. The zero-order valence-corrected chi connectivity index (χ0v) is 13.2. The number of sulfonamides is 1. The number of hydrogen-bond acceptors (Lipinski definition) is 4. The van der Waals surface area contributed by atoms with Crippen molar-refractivity contribution in [2.45, 2.75) is 44.9 Å². The molecule has 4 nitrogen and oxygen atoms in total. The maximum atomic E-state index is 11.7. The molecule has 0 heterocycles. The van der Waals surface area contributed by atoms with Gasteiger partial charge in [0.1, 0.15) is 0 Å². The van der Waals surface area contributed by atoms with Crippen molar-refractivity contribution in [2.75, 3.05) is 25.1 Å². The molecule has 0 aromatic rings. The van der Waals surface area contributed by atoms with Gasteiger partial charge in [0.05, 0.1) is 5.75 Å². The third-order valence-electron chi connectivity index (χ3n) is 2.41. The molecule has 0 bridgehead atoms. The van der Waals surface area contributed by atoms with Crippen molar-refractivity contribution >= 4 is 21.8 Å². The third-order valence-corrected chi connectivity index (χ3v) is 5.07. The monoisotopic (exact) mass is 282 g/mol. The molecule has 2 N–H and O–H groups in total. The first-order valence-electron chi connectivity index (χ1n) is 5.94. The lowest BCUT2D eigenvalue weighted by atomic mass is 10.2. The van der Waals surface area contributed by atoms with Crippen molar-refractivity contribution in [2.24, 2.45) is 0 Å². The Balaban J connectivity index is 3.89. The minimum Gasteiger partial charge on any atom is -0.314 e. The molecule has 0 saturated carbocycles. The van der Waals surface area contributed by atoms with Crippen molar-refractivity contribution in [1.82, 2.24) is 10.0 Å². The van der Waals surface area contributed by atoms with E-state index in [1.807, 2.05) is 34.0 Å². The first kappa shape index (κ1) is 17.2. The molecule has 17 heavy (non-hydrogen) atoms. The van der Waals surface area contributed by atoms with Crippen molar-refractivity contribution in [3.8, 4) is 0 Å². The van der Waals surface area contributed by atoms with Gasteiger partial charge in [-0.2, -0.15) is 11.8 Å². The van der Waals surface area contributed by atoms with E-state index in [1.165, 1.54) is 0 Å². The van der Waals surface area contributed by atoms with Crippen LogP contribution in [-0.4, -0.2) is 44.3 Å². The van der Waals surface area contributed by atoms with Crippen LogP contribution in [0.4, 0.5) is 0 Å². The molecule has 0 aromatic heterocycles. The van der Waals surface area contributed by atoms with Crippen molar-refractivity contribution in [3.63, 3.8) is 0 Å². The van der Waals surface area contributed by atoms with Gasteiger partial charge in [-0.15, -0.1) is 0 Å². The van der Waals surface area contributed by atoms with E-state index in [2.05, 4.69) is 10.0 Å². The summed E-state index contributed by atoms with van der Waals surface area (Å²) in [7, 11) is -3.13. The highest BCUT2D eigenvalue weighted by molar-refractivity contribution is 8.00. The van der Waals surface area contributed by atoms with Crippen molar-refractivity contribution < 1.29 is 8.42 Å². The second kappa shape index (κ2) is 7.61. The lowest BCUT2D eigenvalue weighted by molar-refractivity contribution is 0.555. The van der Waals surface area contributed by atoms with E-state index in [0.29, 0.717) is 19.0 Å². The van der Waals surface area contributed by atoms with Gasteiger partial charge in [-0.05, 0) is 33.1 Å². The Hall–Kier alpha value is 0.220. The van der Waals surface area contributed by atoms with Gasteiger partial charge >= 0.3 is 0 Å². The fourth-order valence-electron chi connectivity index (χ4n) is 1.08. The molecule has 0 rings (SSSR count). The smallest absolute Gasteiger partial charge is 0.211 e. The molecular weight excluding hydrogens is 256 g/mol. The highest BCUT2D eigenvalue weighted by atomic mass is 32.2. The van der Waals surface area contributed by atoms with Gasteiger partial charge < -0.3 is 5.32 Å². The lowest BCUT2D eigenvalue weighted by Gasteiger charge is -2.22. The van der Waals surface area contributed by atoms with E-state index in [4.69, 9.17) is 0 Å². The summed E-state index contributed by atoms with van der Waals surface area (Å²) in [4.78, 5) is 0. The maximum absolute atomic E-state index is 11.7. The molecule has 0 aliphatic rings. The Labute approximate surface area is 110 Å². The van der Waals surface area contributed by atoms with Crippen LogP contribution in [0, 0.1) is 0 Å². The van der Waals surface area contributed by atoms with Gasteiger partial charge in [0.15, 0.2) is 0 Å². The number of nitrogens with one attached hydrogen (secondary N) is 2. The summed E-state index contributed by atoms with van der Waals surface area (Å²) < 4.78 is 26.0. The Morgan fingerprint density at radius 3 is 2.35 bits per heavy atom. The van der Waals surface area contributed by atoms with E-state index in [9.17, 15) is 8.42 Å². The van der Waals surface area contributed by atoms with E-state index < -0.39 is 10.0 Å². The summed E-state index contributed by atoms with van der Waals surface area (Å²) in [6.45, 7) is 9.38. The molecule has 0 unspecified atom stereocenters. The SMILES string of the molecule is CSC(C)(C)CNS(=O)(=O)CCCNC(C)C.